The predicted octanol–water partition coefficient (Wildman–Crippen LogP) is 4.21. The molecule has 1 unspecified atom stereocenters. The molecule has 0 saturated carbocycles. The van der Waals surface area contributed by atoms with Gasteiger partial charge in [-0.25, -0.2) is 9.37 Å². The summed E-state index contributed by atoms with van der Waals surface area (Å²) in [5, 5.41) is 8.66. The maximum absolute atomic E-state index is 13.8. The molecule has 1 atom stereocenters. The first-order valence-corrected chi connectivity index (χ1v) is 8.37. The first kappa shape index (κ1) is 15.8. The lowest BCUT2D eigenvalue weighted by Crippen LogP contribution is -2.33. The molecule has 0 radical (unpaired) electrons. The fraction of sp³-hybridized carbons (Fsp3) is 0.300. The third kappa shape index (κ3) is 2.51. The van der Waals surface area contributed by atoms with Gasteiger partial charge in [0.1, 0.15) is 17.0 Å². The molecule has 1 aliphatic rings. The van der Waals surface area contributed by atoms with Crippen LogP contribution in [0.2, 0.25) is 0 Å². The van der Waals surface area contributed by atoms with Crippen molar-refractivity contribution in [2.75, 3.05) is 0 Å². The van der Waals surface area contributed by atoms with Crippen molar-refractivity contribution in [2.24, 2.45) is 4.99 Å². The van der Waals surface area contributed by atoms with Gasteiger partial charge < -0.3 is 0 Å². The zero-order valence-corrected chi connectivity index (χ0v) is 14.7. The maximum atomic E-state index is 13.8. The average Bonchev–Trinajstić information content (AvgIpc) is 2.58. The lowest BCUT2D eigenvalue weighted by molar-refractivity contribution is 0.430. The minimum absolute atomic E-state index is 0.0950. The Bertz CT molecular complexity index is 1020. The van der Waals surface area contributed by atoms with Crippen LogP contribution in [-0.2, 0) is 0 Å². The number of halogens is 1. The van der Waals surface area contributed by atoms with Crippen LogP contribution in [0.3, 0.4) is 0 Å². The smallest absolute Gasteiger partial charge is 0.201 e. The van der Waals surface area contributed by atoms with Gasteiger partial charge in [-0.05, 0) is 56.2 Å². The Morgan fingerprint density at radius 1 is 1.08 bits per heavy atom. The molecular formula is C20H19FN4. The van der Waals surface area contributed by atoms with Gasteiger partial charge in [-0.15, -0.1) is 10.2 Å². The highest BCUT2D eigenvalue weighted by atomic mass is 19.1. The molecule has 1 aromatic heterocycles. The molecular weight excluding hydrogens is 315 g/mol. The standard InChI is InChI=1S/C20H19FN4/c1-11-6-5-7-16-17(11)24-25-19(22-16)18-14-9-8-13(21)10-15(14)12(2)20(3,4)23-18/h5-10,12H,1-4H3. The average molecular weight is 334 g/mol. The van der Waals surface area contributed by atoms with Crippen LogP contribution >= 0.6 is 0 Å². The molecule has 1 aliphatic heterocycles. The largest absolute Gasteiger partial charge is 0.274 e. The number of aliphatic imine (C=N–C) groups is 1. The number of benzene rings is 2. The summed E-state index contributed by atoms with van der Waals surface area (Å²) in [4.78, 5) is 9.57. The van der Waals surface area contributed by atoms with Crippen molar-refractivity contribution in [1.29, 1.82) is 0 Å². The highest BCUT2D eigenvalue weighted by molar-refractivity contribution is 6.13. The third-order valence-electron chi connectivity index (χ3n) is 5.09. The zero-order chi connectivity index (χ0) is 17.8. The van der Waals surface area contributed by atoms with Gasteiger partial charge >= 0.3 is 0 Å². The number of rotatable bonds is 1. The molecule has 0 aliphatic carbocycles. The van der Waals surface area contributed by atoms with E-state index < -0.39 is 0 Å². The molecule has 2 heterocycles. The predicted molar refractivity (Wildman–Crippen MR) is 96.6 cm³/mol. The molecule has 4 nitrogen and oxygen atoms in total. The summed E-state index contributed by atoms with van der Waals surface area (Å²) in [6.07, 6.45) is 0. The second-order valence-corrected chi connectivity index (χ2v) is 7.15. The third-order valence-corrected chi connectivity index (χ3v) is 5.09. The Balaban J connectivity index is 1.95. The van der Waals surface area contributed by atoms with Gasteiger partial charge in [0.2, 0.25) is 5.82 Å². The van der Waals surface area contributed by atoms with Gasteiger partial charge in [0, 0.05) is 11.5 Å². The van der Waals surface area contributed by atoms with Crippen LogP contribution in [0.25, 0.3) is 11.0 Å². The van der Waals surface area contributed by atoms with E-state index in [0.717, 1.165) is 27.7 Å². The number of aromatic nitrogens is 3. The first-order valence-electron chi connectivity index (χ1n) is 8.37. The Labute approximate surface area is 145 Å². The van der Waals surface area contributed by atoms with E-state index in [4.69, 9.17) is 4.99 Å². The molecule has 2 aromatic carbocycles. The summed E-state index contributed by atoms with van der Waals surface area (Å²) in [7, 11) is 0. The summed E-state index contributed by atoms with van der Waals surface area (Å²) >= 11 is 0. The van der Waals surface area contributed by atoms with Crippen LogP contribution in [-0.4, -0.2) is 26.4 Å². The van der Waals surface area contributed by atoms with Gasteiger partial charge in [0.15, 0.2) is 0 Å². The normalized spacial score (nSPS) is 18.8. The number of fused-ring (bicyclic) bond motifs is 2. The van der Waals surface area contributed by atoms with E-state index in [1.54, 1.807) is 12.1 Å². The Morgan fingerprint density at radius 3 is 2.68 bits per heavy atom. The quantitative estimate of drug-likeness (QED) is 0.670. The molecule has 0 fully saturated rings. The fourth-order valence-corrected chi connectivity index (χ4v) is 3.30. The number of nitrogens with zero attached hydrogens (tertiary/aromatic N) is 4. The lowest BCUT2D eigenvalue weighted by atomic mass is 9.77. The molecule has 3 aromatic rings. The van der Waals surface area contributed by atoms with Crippen molar-refractivity contribution < 1.29 is 4.39 Å². The lowest BCUT2D eigenvalue weighted by Gasteiger charge is -2.35. The van der Waals surface area contributed by atoms with Crippen molar-refractivity contribution in [2.45, 2.75) is 39.2 Å². The summed E-state index contributed by atoms with van der Waals surface area (Å²) in [5.74, 6) is 0.333. The highest BCUT2D eigenvalue weighted by Crippen LogP contribution is 2.38. The Morgan fingerprint density at radius 2 is 1.88 bits per heavy atom. The maximum Gasteiger partial charge on any atom is 0.201 e. The van der Waals surface area contributed by atoms with E-state index in [9.17, 15) is 4.39 Å². The number of hydrogen-bond acceptors (Lipinski definition) is 4. The minimum atomic E-state index is -0.374. The van der Waals surface area contributed by atoms with Crippen LogP contribution in [0, 0.1) is 12.7 Å². The molecule has 0 amide bonds. The van der Waals surface area contributed by atoms with Crippen molar-refractivity contribution in [3.05, 3.63) is 64.7 Å². The highest BCUT2D eigenvalue weighted by Gasteiger charge is 2.35. The Kier molecular flexibility index (Phi) is 3.42. The molecule has 0 saturated heterocycles. The number of hydrogen-bond donors (Lipinski definition) is 0. The van der Waals surface area contributed by atoms with E-state index in [0.29, 0.717) is 11.5 Å². The molecule has 0 N–H and O–H groups in total. The van der Waals surface area contributed by atoms with Gasteiger partial charge in [0.25, 0.3) is 0 Å². The van der Waals surface area contributed by atoms with Crippen LogP contribution in [0.4, 0.5) is 4.39 Å². The summed E-state index contributed by atoms with van der Waals surface area (Å²) < 4.78 is 13.8. The molecule has 25 heavy (non-hydrogen) atoms. The van der Waals surface area contributed by atoms with Gasteiger partial charge in [-0.3, -0.25) is 4.99 Å². The van der Waals surface area contributed by atoms with E-state index in [-0.39, 0.29) is 17.3 Å². The van der Waals surface area contributed by atoms with Crippen molar-refractivity contribution >= 4 is 16.7 Å². The summed E-state index contributed by atoms with van der Waals surface area (Å²) in [6.45, 7) is 8.15. The van der Waals surface area contributed by atoms with E-state index in [1.807, 2.05) is 39.0 Å². The van der Waals surface area contributed by atoms with E-state index in [1.165, 1.54) is 6.07 Å². The van der Waals surface area contributed by atoms with Crippen molar-refractivity contribution in [1.82, 2.24) is 15.2 Å². The Hall–Kier alpha value is -2.69. The molecule has 126 valence electrons. The van der Waals surface area contributed by atoms with Crippen LogP contribution < -0.4 is 0 Å². The van der Waals surface area contributed by atoms with E-state index >= 15 is 0 Å². The van der Waals surface area contributed by atoms with E-state index in [2.05, 4.69) is 22.1 Å². The first-order chi connectivity index (χ1) is 11.9. The summed E-state index contributed by atoms with van der Waals surface area (Å²) in [6, 6.07) is 10.7. The summed E-state index contributed by atoms with van der Waals surface area (Å²) in [5.41, 5.74) is 4.72. The second-order valence-electron chi connectivity index (χ2n) is 7.15. The van der Waals surface area contributed by atoms with Crippen LogP contribution in [0.15, 0.2) is 41.4 Å². The molecule has 4 rings (SSSR count). The van der Waals surface area contributed by atoms with Crippen LogP contribution in [0.5, 0.6) is 0 Å². The van der Waals surface area contributed by atoms with Crippen LogP contribution in [0.1, 0.15) is 49.2 Å². The molecule has 5 heteroatoms. The number of aryl methyl sites for hydroxylation is 1. The fourth-order valence-electron chi connectivity index (χ4n) is 3.30. The zero-order valence-electron chi connectivity index (χ0n) is 14.7. The van der Waals surface area contributed by atoms with Gasteiger partial charge in [0.05, 0.1) is 11.1 Å². The molecule has 0 spiro atoms. The van der Waals surface area contributed by atoms with Crippen molar-refractivity contribution in [3.8, 4) is 0 Å². The SMILES string of the molecule is Cc1cccc2nc(C3=NC(C)(C)C(C)c4cc(F)ccc43)nnc12. The van der Waals surface area contributed by atoms with Gasteiger partial charge in [-0.1, -0.05) is 19.1 Å². The topological polar surface area (TPSA) is 51.0 Å². The molecule has 0 bridgehead atoms. The van der Waals surface area contributed by atoms with Gasteiger partial charge in [-0.2, -0.15) is 0 Å². The van der Waals surface area contributed by atoms with Crippen molar-refractivity contribution in [3.63, 3.8) is 0 Å². The minimum Gasteiger partial charge on any atom is -0.274 e. The second kappa shape index (κ2) is 5.41. The monoisotopic (exact) mass is 334 g/mol.